The Hall–Kier alpha value is -4.01. The van der Waals surface area contributed by atoms with Gasteiger partial charge in [0.15, 0.2) is 0 Å². The van der Waals surface area contributed by atoms with Gasteiger partial charge in [-0.2, -0.15) is 0 Å². The number of carbonyl (C=O) groups is 3. The molecule has 0 saturated heterocycles. The number of amides is 3. The van der Waals surface area contributed by atoms with Crippen LogP contribution in [-0.4, -0.2) is 50.7 Å². The molecule has 0 spiro atoms. The lowest BCUT2D eigenvalue weighted by molar-refractivity contribution is -0.136. The highest BCUT2D eigenvalue weighted by Crippen LogP contribution is 2.33. The van der Waals surface area contributed by atoms with Crippen LogP contribution >= 0.6 is 0 Å². The molecule has 34 heavy (non-hydrogen) atoms. The van der Waals surface area contributed by atoms with Crippen molar-refractivity contribution in [2.45, 2.75) is 26.3 Å². The summed E-state index contributed by atoms with van der Waals surface area (Å²) >= 11 is 0. The normalized spacial score (nSPS) is 15.5. The first-order valence-corrected chi connectivity index (χ1v) is 10.8. The van der Waals surface area contributed by atoms with E-state index in [1.54, 1.807) is 49.4 Å². The lowest BCUT2D eigenvalue weighted by Crippen LogP contribution is -2.48. The summed E-state index contributed by atoms with van der Waals surface area (Å²) < 4.78 is 15.5. The maximum absolute atomic E-state index is 12.9. The number of nitrogens with one attached hydrogen (secondary N) is 2. The van der Waals surface area contributed by atoms with E-state index in [1.807, 2.05) is 6.92 Å². The van der Waals surface area contributed by atoms with Gasteiger partial charge >= 0.3 is 12.0 Å². The van der Waals surface area contributed by atoms with E-state index in [1.165, 1.54) is 26.2 Å². The van der Waals surface area contributed by atoms with E-state index >= 15 is 0 Å². The Bertz CT molecular complexity index is 1130. The predicted octanol–water partition coefficient (Wildman–Crippen LogP) is 3.88. The average molecular weight is 468 g/mol. The Kier molecular flexibility index (Phi) is 7.78. The van der Waals surface area contributed by atoms with E-state index in [0.717, 1.165) is 6.42 Å². The number of esters is 1. The van der Waals surface area contributed by atoms with Crippen molar-refractivity contribution in [2.75, 3.05) is 33.2 Å². The Morgan fingerprint density at radius 2 is 1.85 bits per heavy atom. The number of urea groups is 1. The number of methoxy groups -OCH3 is 3. The zero-order valence-corrected chi connectivity index (χ0v) is 19.9. The monoisotopic (exact) mass is 467 g/mol. The van der Waals surface area contributed by atoms with Crippen molar-refractivity contribution in [1.82, 2.24) is 10.2 Å². The number of allylic oxidation sites excluding steroid dienone is 1. The second kappa shape index (κ2) is 10.7. The summed E-state index contributed by atoms with van der Waals surface area (Å²) in [6.07, 6.45) is 0.736. The van der Waals surface area contributed by atoms with Crippen molar-refractivity contribution in [3.63, 3.8) is 0 Å². The second-order valence-electron chi connectivity index (χ2n) is 7.67. The van der Waals surface area contributed by atoms with Gasteiger partial charge in [-0.15, -0.1) is 0 Å². The highest BCUT2D eigenvalue weighted by molar-refractivity contribution is 6.06. The number of carbonyl (C=O) groups excluding carboxylic acids is 3. The summed E-state index contributed by atoms with van der Waals surface area (Å²) in [4.78, 5) is 39.8. The molecule has 2 aromatic rings. The van der Waals surface area contributed by atoms with E-state index < -0.39 is 12.0 Å². The van der Waals surface area contributed by atoms with Crippen LogP contribution in [0.5, 0.6) is 11.5 Å². The summed E-state index contributed by atoms with van der Waals surface area (Å²) in [6, 6.07) is 10.8. The fourth-order valence-corrected chi connectivity index (χ4v) is 3.88. The minimum Gasteiger partial charge on any atom is -0.497 e. The molecule has 9 heteroatoms. The van der Waals surface area contributed by atoms with Crippen molar-refractivity contribution >= 4 is 23.6 Å². The maximum atomic E-state index is 12.9. The minimum absolute atomic E-state index is 0.297. The van der Waals surface area contributed by atoms with Gasteiger partial charge in [-0.05, 0) is 43.2 Å². The summed E-state index contributed by atoms with van der Waals surface area (Å²) in [5.74, 6) is 0.0347. The molecule has 3 rings (SSSR count). The first-order chi connectivity index (χ1) is 16.3. The van der Waals surface area contributed by atoms with Gasteiger partial charge < -0.3 is 24.8 Å². The number of ether oxygens (including phenoxy) is 3. The van der Waals surface area contributed by atoms with E-state index in [4.69, 9.17) is 14.2 Å². The third-order valence-corrected chi connectivity index (χ3v) is 5.58. The highest BCUT2D eigenvalue weighted by Gasteiger charge is 2.36. The van der Waals surface area contributed by atoms with E-state index in [2.05, 4.69) is 10.6 Å². The van der Waals surface area contributed by atoms with Gasteiger partial charge in [-0.25, -0.2) is 9.59 Å². The molecule has 9 nitrogen and oxygen atoms in total. The molecule has 0 radical (unpaired) electrons. The smallest absolute Gasteiger partial charge is 0.337 e. The molecule has 1 heterocycles. The maximum Gasteiger partial charge on any atom is 0.337 e. The zero-order chi connectivity index (χ0) is 24.8. The van der Waals surface area contributed by atoms with Gasteiger partial charge in [0, 0.05) is 24.0 Å². The Balaban J connectivity index is 1.93. The van der Waals surface area contributed by atoms with Gasteiger partial charge in [0.05, 0.1) is 38.5 Å². The molecule has 0 fully saturated rings. The van der Waals surface area contributed by atoms with Crippen LogP contribution in [0.2, 0.25) is 0 Å². The highest BCUT2D eigenvalue weighted by atomic mass is 16.5. The van der Waals surface area contributed by atoms with Crippen LogP contribution in [0.1, 0.15) is 42.2 Å². The van der Waals surface area contributed by atoms with Gasteiger partial charge in [0.25, 0.3) is 5.91 Å². The fraction of sp³-hybridized carbons (Fsp3) is 0.320. The van der Waals surface area contributed by atoms with Crippen LogP contribution in [0.3, 0.4) is 0 Å². The molecule has 0 saturated carbocycles. The molecule has 0 aromatic heterocycles. The zero-order valence-electron chi connectivity index (χ0n) is 19.9. The molecule has 0 bridgehead atoms. The summed E-state index contributed by atoms with van der Waals surface area (Å²) in [5, 5.41) is 5.73. The number of anilines is 1. The number of hydrogen-bond acceptors (Lipinski definition) is 6. The average Bonchev–Trinajstić information content (AvgIpc) is 2.85. The van der Waals surface area contributed by atoms with Gasteiger partial charge in [0.1, 0.15) is 11.5 Å². The molecule has 2 N–H and O–H groups in total. The van der Waals surface area contributed by atoms with Crippen LogP contribution in [0.4, 0.5) is 10.5 Å². The van der Waals surface area contributed by atoms with Crippen LogP contribution in [0.15, 0.2) is 53.7 Å². The van der Waals surface area contributed by atoms with E-state index in [-0.39, 0.29) is 11.9 Å². The lowest BCUT2D eigenvalue weighted by atomic mass is 9.94. The van der Waals surface area contributed by atoms with Crippen molar-refractivity contribution in [1.29, 1.82) is 0 Å². The second-order valence-corrected chi connectivity index (χ2v) is 7.67. The third kappa shape index (κ3) is 4.98. The molecule has 1 atom stereocenters. The van der Waals surface area contributed by atoms with Gasteiger partial charge in [-0.1, -0.05) is 19.1 Å². The lowest BCUT2D eigenvalue weighted by Gasteiger charge is -2.35. The van der Waals surface area contributed by atoms with Crippen molar-refractivity contribution in [2.24, 2.45) is 0 Å². The standard InChI is InChI=1S/C25H29N3O6/c1-6-12-28-15(2)21(24(30)34-5)22(27-25(28)31)16-8-7-9-17(13-16)26-23(29)19-11-10-18(32-3)14-20(19)33-4/h7-11,13-14,22H,6,12H2,1-5H3,(H,26,29)(H,27,31). The summed E-state index contributed by atoms with van der Waals surface area (Å²) in [7, 11) is 4.31. The Labute approximate surface area is 198 Å². The summed E-state index contributed by atoms with van der Waals surface area (Å²) in [6.45, 7) is 4.16. The molecular weight excluding hydrogens is 438 g/mol. The van der Waals surface area contributed by atoms with Gasteiger partial charge in [0.2, 0.25) is 0 Å². The number of hydrogen-bond donors (Lipinski definition) is 2. The molecule has 1 aliphatic heterocycles. The minimum atomic E-state index is -0.722. The van der Waals surface area contributed by atoms with Crippen molar-refractivity contribution in [3.05, 3.63) is 64.9 Å². The van der Waals surface area contributed by atoms with E-state index in [9.17, 15) is 14.4 Å². The molecule has 1 aliphatic rings. The number of benzene rings is 2. The first kappa shape index (κ1) is 24.6. The summed E-state index contributed by atoms with van der Waals surface area (Å²) in [5.41, 5.74) is 2.34. The van der Waals surface area contributed by atoms with Crippen LogP contribution < -0.4 is 20.1 Å². The number of rotatable bonds is 8. The van der Waals surface area contributed by atoms with Gasteiger partial charge in [-0.3, -0.25) is 9.69 Å². The fourth-order valence-electron chi connectivity index (χ4n) is 3.88. The predicted molar refractivity (Wildman–Crippen MR) is 127 cm³/mol. The number of nitrogens with zero attached hydrogens (tertiary/aromatic N) is 1. The van der Waals surface area contributed by atoms with E-state index in [0.29, 0.717) is 46.1 Å². The largest absolute Gasteiger partial charge is 0.497 e. The molecule has 3 amide bonds. The molecule has 180 valence electrons. The van der Waals surface area contributed by atoms with Crippen molar-refractivity contribution < 1.29 is 28.6 Å². The molecule has 2 aromatic carbocycles. The molecule has 1 unspecified atom stereocenters. The third-order valence-electron chi connectivity index (χ3n) is 5.58. The van der Waals surface area contributed by atoms with Crippen LogP contribution in [-0.2, 0) is 9.53 Å². The van der Waals surface area contributed by atoms with Crippen molar-refractivity contribution in [3.8, 4) is 11.5 Å². The first-order valence-electron chi connectivity index (χ1n) is 10.8. The SMILES string of the molecule is CCCN1C(=O)NC(c2cccc(NC(=O)c3ccc(OC)cc3OC)c2)C(C(=O)OC)=C1C. The molecule has 0 aliphatic carbocycles. The Morgan fingerprint density at radius 3 is 2.50 bits per heavy atom. The Morgan fingerprint density at radius 1 is 1.09 bits per heavy atom. The molecular formula is C25H29N3O6. The quantitative estimate of drug-likeness (QED) is 0.571. The van der Waals surface area contributed by atoms with Crippen LogP contribution in [0.25, 0.3) is 0 Å². The topological polar surface area (TPSA) is 106 Å². The van der Waals surface area contributed by atoms with Crippen LogP contribution in [0, 0.1) is 0 Å².